The smallest absolute Gasteiger partial charge is 0.248 e. The summed E-state index contributed by atoms with van der Waals surface area (Å²) in [6, 6.07) is 3.20. The maximum absolute atomic E-state index is 12.3. The van der Waals surface area contributed by atoms with E-state index in [-0.39, 0.29) is 6.04 Å². The van der Waals surface area contributed by atoms with Crippen LogP contribution in [0.25, 0.3) is 0 Å². The average Bonchev–Trinajstić information content (AvgIpc) is 2.88. The minimum Gasteiger partial charge on any atom is -0.248 e. The number of sulfonamides is 1. The van der Waals surface area contributed by atoms with Crippen LogP contribution in [-0.2, 0) is 10.0 Å². The maximum Gasteiger partial charge on any atom is 0.250 e. The molecule has 1 aliphatic carbocycles. The highest BCUT2D eigenvalue weighted by Crippen LogP contribution is 2.42. The molecule has 1 fully saturated rings. The Balaban J connectivity index is 1.87. The van der Waals surface area contributed by atoms with Gasteiger partial charge in [-0.25, -0.2) is 18.1 Å². The van der Waals surface area contributed by atoms with Crippen molar-refractivity contribution < 1.29 is 8.42 Å². The number of nitrogens with one attached hydrogen (secondary N) is 1. The molecule has 1 N–H and O–H groups in total. The van der Waals surface area contributed by atoms with E-state index in [1.807, 2.05) is 6.92 Å². The summed E-state index contributed by atoms with van der Waals surface area (Å²) >= 11 is 2.80. The minimum atomic E-state index is -3.42. The van der Waals surface area contributed by atoms with Crippen molar-refractivity contribution in [3.63, 3.8) is 0 Å². The van der Waals surface area contributed by atoms with Crippen molar-refractivity contribution in [1.82, 2.24) is 9.71 Å². The highest BCUT2D eigenvalue weighted by atomic mass is 32.2. The second-order valence-electron chi connectivity index (χ2n) is 4.68. The van der Waals surface area contributed by atoms with Crippen LogP contribution in [-0.4, -0.2) is 13.4 Å². The molecule has 0 unspecified atom stereocenters. The van der Waals surface area contributed by atoms with E-state index in [0.717, 1.165) is 22.7 Å². The highest BCUT2D eigenvalue weighted by molar-refractivity contribution is 7.91. The highest BCUT2D eigenvalue weighted by Gasteiger charge is 2.37. The van der Waals surface area contributed by atoms with Gasteiger partial charge in [-0.3, -0.25) is 0 Å². The Bertz CT molecular complexity index is 657. The summed E-state index contributed by atoms with van der Waals surface area (Å²) in [7, 11) is -3.42. The number of hydrogen-bond acceptors (Lipinski definition) is 5. The Labute approximate surface area is 120 Å². The summed E-state index contributed by atoms with van der Waals surface area (Å²) < 4.78 is 27.8. The number of hydrogen-bond donors (Lipinski definition) is 1. The van der Waals surface area contributed by atoms with Crippen LogP contribution in [0.3, 0.4) is 0 Å². The summed E-state index contributed by atoms with van der Waals surface area (Å²) in [5.41, 5.74) is 0. The zero-order valence-electron chi connectivity index (χ0n) is 10.4. The number of aryl methyl sites for hydroxylation is 1. The SMILES string of the molecule is Cc1cnc([C@@H](NS(=O)(=O)c2cccs2)C2CC2)s1. The molecule has 4 nitrogen and oxygen atoms in total. The van der Waals surface area contributed by atoms with Gasteiger partial charge in [-0.05, 0) is 37.1 Å². The lowest BCUT2D eigenvalue weighted by Gasteiger charge is -2.15. The fourth-order valence-corrected chi connectivity index (χ4v) is 5.21. The molecular formula is C12H14N2O2S3. The van der Waals surface area contributed by atoms with Crippen LogP contribution in [0, 0.1) is 12.8 Å². The van der Waals surface area contributed by atoms with Gasteiger partial charge in [0.25, 0.3) is 10.0 Å². The Morgan fingerprint density at radius 1 is 1.47 bits per heavy atom. The van der Waals surface area contributed by atoms with Gasteiger partial charge in [-0.15, -0.1) is 22.7 Å². The molecule has 1 aliphatic rings. The van der Waals surface area contributed by atoms with E-state index < -0.39 is 10.0 Å². The van der Waals surface area contributed by atoms with E-state index in [9.17, 15) is 8.42 Å². The largest absolute Gasteiger partial charge is 0.250 e. The van der Waals surface area contributed by atoms with E-state index in [0.29, 0.717) is 10.1 Å². The summed E-state index contributed by atoms with van der Waals surface area (Å²) in [4.78, 5) is 5.45. The Morgan fingerprint density at radius 3 is 2.79 bits per heavy atom. The molecule has 0 spiro atoms. The van der Waals surface area contributed by atoms with E-state index in [1.54, 1.807) is 35.0 Å². The molecule has 1 saturated carbocycles. The normalized spacial score (nSPS) is 17.5. The quantitative estimate of drug-likeness (QED) is 0.923. The van der Waals surface area contributed by atoms with E-state index in [2.05, 4.69) is 9.71 Å². The summed E-state index contributed by atoms with van der Waals surface area (Å²) in [6.07, 6.45) is 3.93. The molecule has 2 heterocycles. The predicted octanol–water partition coefficient (Wildman–Crippen LogP) is 2.94. The average molecular weight is 314 g/mol. The fraction of sp³-hybridized carbons (Fsp3) is 0.417. The molecular weight excluding hydrogens is 300 g/mol. The van der Waals surface area contributed by atoms with Crippen LogP contribution in [0.15, 0.2) is 27.9 Å². The van der Waals surface area contributed by atoms with E-state index in [4.69, 9.17) is 0 Å². The van der Waals surface area contributed by atoms with E-state index in [1.165, 1.54) is 11.3 Å². The molecule has 0 amide bonds. The van der Waals surface area contributed by atoms with Gasteiger partial charge < -0.3 is 0 Å². The van der Waals surface area contributed by atoms with Crippen LogP contribution in [0.1, 0.15) is 28.8 Å². The van der Waals surface area contributed by atoms with Crippen molar-refractivity contribution in [1.29, 1.82) is 0 Å². The summed E-state index contributed by atoms with van der Waals surface area (Å²) in [5, 5.41) is 2.65. The van der Waals surface area contributed by atoms with Crippen molar-refractivity contribution >= 4 is 32.7 Å². The van der Waals surface area contributed by atoms with Crippen molar-refractivity contribution in [2.24, 2.45) is 5.92 Å². The van der Waals surface area contributed by atoms with Gasteiger partial charge >= 0.3 is 0 Å². The molecule has 0 bridgehead atoms. The standard InChI is InChI=1S/C12H14N2O2S3/c1-8-7-13-12(18-8)11(9-4-5-9)14-19(15,16)10-3-2-6-17-10/h2-3,6-7,9,11,14H,4-5H2,1H3/t11-/m0/s1. The summed E-state index contributed by atoms with van der Waals surface area (Å²) in [6.45, 7) is 1.99. The van der Waals surface area contributed by atoms with Gasteiger partial charge in [0.1, 0.15) is 9.22 Å². The van der Waals surface area contributed by atoms with Crippen LogP contribution in [0.2, 0.25) is 0 Å². The van der Waals surface area contributed by atoms with Crippen molar-refractivity contribution in [3.8, 4) is 0 Å². The van der Waals surface area contributed by atoms with Crippen molar-refractivity contribution in [2.75, 3.05) is 0 Å². The topological polar surface area (TPSA) is 59.1 Å². The van der Waals surface area contributed by atoms with Gasteiger partial charge in [0.2, 0.25) is 0 Å². The van der Waals surface area contributed by atoms with Gasteiger partial charge in [-0.1, -0.05) is 6.07 Å². The molecule has 1 atom stereocenters. The molecule has 0 aliphatic heterocycles. The molecule has 2 aromatic rings. The fourth-order valence-electron chi connectivity index (χ4n) is 1.94. The lowest BCUT2D eigenvalue weighted by Crippen LogP contribution is -2.29. The molecule has 0 radical (unpaired) electrons. The molecule has 19 heavy (non-hydrogen) atoms. The predicted molar refractivity (Wildman–Crippen MR) is 77.0 cm³/mol. The Morgan fingerprint density at radius 2 is 2.26 bits per heavy atom. The summed E-state index contributed by atoms with van der Waals surface area (Å²) in [5.74, 6) is 0.389. The molecule has 0 aromatic carbocycles. The van der Waals surface area contributed by atoms with E-state index >= 15 is 0 Å². The number of nitrogens with zero attached hydrogens (tertiary/aromatic N) is 1. The zero-order valence-corrected chi connectivity index (χ0v) is 12.8. The number of thiophene rings is 1. The third-order valence-electron chi connectivity index (χ3n) is 3.04. The first-order valence-electron chi connectivity index (χ1n) is 6.04. The number of thiazole rings is 1. The van der Waals surface area contributed by atoms with Crippen LogP contribution >= 0.6 is 22.7 Å². The molecule has 7 heteroatoms. The minimum absolute atomic E-state index is 0.175. The first-order valence-corrected chi connectivity index (χ1v) is 9.22. The molecule has 3 rings (SSSR count). The van der Waals surface area contributed by atoms with Gasteiger partial charge in [0, 0.05) is 11.1 Å². The monoisotopic (exact) mass is 314 g/mol. The Hall–Kier alpha value is -0.760. The van der Waals surface area contributed by atoms with Gasteiger partial charge in [0.15, 0.2) is 0 Å². The van der Waals surface area contributed by atoms with Crippen molar-refractivity contribution in [3.05, 3.63) is 33.6 Å². The van der Waals surface area contributed by atoms with Gasteiger partial charge in [-0.2, -0.15) is 0 Å². The molecule has 2 aromatic heterocycles. The number of rotatable bonds is 5. The van der Waals surface area contributed by atoms with Crippen LogP contribution in [0.4, 0.5) is 0 Å². The first kappa shape index (κ1) is 13.2. The third-order valence-corrected chi connectivity index (χ3v) is 6.88. The third kappa shape index (κ3) is 2.89. The number of aromatic nitrogens is 1. The first-order chi connectivity index (χ1) is 9.06. The van der Waals surface area contributed by atoms with Gasteiger partial charge in [0.05, 0.1) is 6.04 Å². The lowest BCUT2D eigenvalue weighted by molar-refractivity contribution is 0.529. The van der Waals surface area contributed by atoms with Crippen molar-refractivity contribution in [2.45, 2.75) is 30.0 Å². The molecule has 0 saturated heterocycles. The second kappa shape index (κ2) is 4.97. The second-order valence-corrected chi connectivity index (χ2v) is 8.83. The Kier molecular flexibility index (Phi) is 3.46. The zero-order chi connectivity index (χ0) is 13.5. The van der Waals surface area contributed by atoms with Crippen LogP contribution < -0.4 is 4.72 Å². The van der Waals surface area contributed by atoms with Crippen LogP contribution in [0.5, 0.6) is 0 Å². The lowest BCUT2D eigenvalue weighted by atomic mass is 10.2. The maximum atomic E-state index is 12.3. The molecule has 102 valence electrons.